The standard InChI is InChI=1S/C12H18N2O3/c1-14-6-8(13)7-17-10-5-12(16-3)11(15-2)4-9(10)14/h4-5,8H,6-7,13H2,1-3H3/t8-/m0/s1. The summed E-state index contributed by atoms with van der Waals surface area (Å²) in [7, 11) is 5.21. The number of anilines is 1. The van der Waals surface area contributed by atoms with Crippen LogP contribution in [0.4, 0.5) is 5.69 Å². The smallest absolute Gasteiger partial charge is 0.164 e. The zero-order valence-electron chi connectivity index (χ0n) is 10.4. The average molecular weight is 238 g/mol. The van der Waals surface area contributed by atoms with E-state index in [0.717, 1.165) is 18.0 Å². The summed E-state index contributed by atoms with van der Waals surface area (Å²) in [6.07, 6.45) is 0. The topological polar surface area (TPSA) is 57.0 Å². The highest BCUT2D eigenvalue weighted by atomic mass is 16.5. The van der Waals surface area contributed by atoms with Crippen molar-refractivity contribution in [3.8, 4) is 17.2 Å². The number of rotatable bonds is 2. The molecule has 0 aromatic heterocycles. The number of nitrogens with two attached hydrogens (primary N) is 1. The van der Waals surface area contributed by atoms with Crippen LogP contribution in [0, 0.1) is 0 Å². The molecule has 1 aromatic carbocycles. The summed E-state index contributed by atoms with van der Waals surface area (Å²) < 4.78 is 16.2. The Morgan fingerprint density at radius 2 is 1.94 bits per heavy atom. The normalized spacial score (nSPS) is 19.1. The van der Waals surface area contributed by atoms with Crippen LogP contribution in [0.15, 0.2) is 12.1 Å². The van der Waals surface area contributed by atoms with Crippen LogP contribution in [-0.2, 0) is 0 Å². The number of nitrogens with zero attached hydrogens (tertiary/aromatic N) is 1. The lowest BCUT2D eigenvalue weighted by Gasteiger charge is -2.20. The molecule has 0 bridgehead atoms. The Hall–Kier alpha value is -1.62. The molecule has 0 saturated carbocycles. The molecule has 5 nitrogen and oxygen atoms in total. The molecular weight excluding hydrogens is 220 g/mol. The van der Waals surface area contributed by atoms with Crippen LogP contribution in [0.5, 0.6) is 17.2 Å². The molecule has 0 spiro atoms. The van der Waals surface area contributed by atoms with Crippen LogP contribution < -0.4 is 24.8 Å². The highest BCUT2D eigenvalue weighted by Gasteiger charge is 2.21. The predicted molar refractivity (Wildman–Crippen MR) is 66.3 cm³/mol. The first kappa shape index (κ1) is 11.9. The third kappa shape index (κ3) is 2.24. The van der Waals surface area contributed by atoms with Gasteiger partial charge in [0.15, 0.2) is 11.5 Å². The van der Waals surface area contributed by atoms with Crippen molar-refractivity contribution in [3.05, 3.63) is 12.1 Å². The number of benzene rings is 1. The third-order valence-corrected chi connectivity index (χ3v) is 2.84. The van der Waals surface area contributed by atoms with E-state index in [-0.39, 0.29) is 6.04 Å². The Balaban J connectivity index is 2.45. The molecule has 94 valence electrons. The molecule has 17 heavy (non-hydrogen) atoms. The van der Waals surface area contributed by atoms with Gasteiger partial charge in [0.25, 0.3) is 0 Å². The molecular formula is C12H18N2O3. The van der Waals surface area contributed by atoms with Crippen LogP contribution in [0.3, 0.4) is 0 Å². The summed E-state index contributed by atoms with van der Waals surface area (Å²) >= 11 is 0. The minimum Gasteiger partial charge on any atom is -0.493 e. The van der Waals surface area contributed by atoms with Crippen molar-refractivity contribution < 1.29 is 14.2 Å². The summed E-state index contributed by atoms with van der Waals surface area (Å²) in [6.45, 7) is 1.26. The van der Waals surface area contributed by atoms with Gasteiger partial charge in [-0.3, -0.25) is 0 Å². The number of likely N-dealkylation sites (N-methyl/N-ethyl adjacent to an activating group) is 1. The molecule has 0 unspecified atom stereocenters. The van der Waals surface area contributed by atoms with Gasteiger partial charge in [-0.25, -0.2) is 0 Å². The molecule has 5 heteroatoms. The molecule has 1 aliphatic rings. The highest BCUT2D eigenvalue weighted by Crippen LogP contribution is 2.40. The van der Waals surface area contributed by atoms with E-state index in [9.17, 15) is 0 Å². The van der Waals surface area contributed by atoms with Crippen molar-refractivity contribution in [3.63, 3.8) is 0 Å². The zero-order valence-corrected chi connectivity index (χ0v) is 10.4. The molecule has 2 rings (SSSR count). The second-order valence-corrected chi connectivity index (χ2v) is 4.13. The van der Waals surface area contributed by atoms with Crippen LogP contribution in [0.1, 0.15) is 0 Å². The minimum atomic E-state index is 0.00406. The van der Waals surface area contributed by atoms with Crippen LogP contribution in [0.25, 0.3) is 0 Å². The molecule has 2 N–H and O–H groups in total. The lowest BCUT2D eigenvalue weighted by Crippen LogP contribution is -2.37. The Kier molecular flexibility index (Phi) is 3.28. The van der Waals surface area contributed by atoms with Crippen LogP contribution in [0.2, 0.25) is 0 Å². The van der Waals surface area contributed by atoms with E-state index in [1.165, 1.54) is 0 Å². The van der Waals surface area contributed by atoms with E-state index in [1.54, 1.807) is 14.2 Å². The van der Waals surface area contributed by atoms with E-state index in [1.807, 2.05) is 19.2 Å². The second-order valence-electron chi connectivity index (χ2n) is 4.13. The summed E-state index contributed by atoms with van der Waals surface area (Å²) in [5.74, 6) is 2.13. The molecule has 0 fully saturated rings. The van der Waals surface area contributed by atoms with E-state index in [0.29, 0.717) is 18.1 Å². The van der Waals surface area contributed by atoms with Gasteiger partial charge in [-0.15, -0.1) is 0 Å². The quantitative estimate of drug-likeness (QED) is 0.828. The minimum absolute atomic E-state index is 0.00406. The maximum atomic E-state index is 5.92. The predicted octanol–water partition coefficient (Wildman–Crippen LogP) is 0.860. The van der Waals surface area contributed by atoms with Gasteiger partial charge in [0.1, 0.15) is 12.4 Å². The van der Waals surface area contributed by atoms with E-state index < -0.39 is 0 Å². The van der Waals surface area contributed by atoms with Gasteiger partial charge in [-0.05, 0) is 0 Å². The van der Waals surface area contributed by atoms with Gasteiger partial charge >= 0.3 is 0 Å². The molecule has 0 amide bonds. The Morgan fingerprint density at radius 3 is 2.59 bits per heavy atom. The van der Waals surface area contributed by atoms with E-state index in [4.69, 9.17) is 19.9 Å². The van der Waals surface area contributed by atoms with Gasteiger partial charge in [0.2, 0.25) is 0 Å². The Bertz CT molecular complexity index is 409. The SMILES string of the molecule is COc1cc2c(cc1OC)N(C)C[C@H](N)CO2. The maximum Gasteiger partial charge on any atom is 0.164 e. The summed E-state index contributed by atoms with van der Waals surface area (Å²) in [6, 6.07) is 3.75. The first-order valence-electron chi connectivity index (χ1n) is 5.51. The molecule has 0 radical (unpaired) electrons. The summed E-state index contributed by atoms with van der Waals surface area (Å²) in [5.41, 5.74) is 6.88. The third-order valence-electron chi connectivity index (χ3n) is 2.84. The largest absolute Gasteiger partial charge is 0.493 e. The fraction of sp³-hybridized carbons (Fsp3) is 0.500. The summed E-state index contributed by atoms with van der Waals surface area (Å²) in [4.78, 5) is 2.06. The number of hydrogen-bond donors (Lipinski definition) is 1. The van der Waals surface area contributed by atoms with Crippen LogP contribution in [-0.4, -0.2) is 40.5 Å². The van der Waals surface area contributed by atoms with Gasteiger partial charge in [0, 0.05) is 25.7 Å². The van der Waals surface area contributed by atoms with Gasteiger partial charge in [0.05, 0.1) is 25.9 Å². The lowest BCUT2D eigenvalue weighted by molar-refractivity contribution is 0.296. The van der Waals surface area contributed by atoms with Crippen molar-refractivity contribution in [2.75, 3.05) is 39.3 Å². The Morgan fingerprint density at radius 1 is 1.29 bits per heavy atom. The molecule has 0 saturated heterocycles. The molecule has 1 atom stereocenters. The second kappa shape index (κ2) is 4.71. The van der Waals surface area contributed by atoms with E-state index in [2.05, 4.69) is 4.90 Å². The Labute approximate surface area is 101 Å². The first-order valence-corrected chi connectivity index (χ1v) is 5.51. The van der Waals surface area contributed by atoms with E-state index >= 15 is 0 Å². The number of hydrogen-bond acceptors (Lipinski definition) is 5. The summed E-state index contributed by atoms with van der Waals surface area (Å²) in [5, 5.41) is 0. The van der Waals surface area contributed by atoms with Crippen molar-refractivity contribution in [2.45, 2.75) is 6.04 Å². The lowest BCUT2D eigenvalue weighted by atomic mass is 10.2. The molecule has 1 aromatic rings. The van der Waals surface area contributed by atoms with Crippen molar-refractivity contribution >= 4 is 5.69 Å². The molecule has 1 heterocycles. The zero-order chi connectivity index (χ0) is 12.4. The highest BCUT2D eigenvalue weighted by molar-refractivity contribution is 5.66. The van der Waals surface area contributed by atoms with Crippen molar-refractivity contribution in [1.29, 1.82) is 0 Å². The average Bonchev–Trinajstić information content (AvgIpc) is 2.47. The maximum absolute atomic E-state index is 5.92. The number of ether oxygens (including phenoxy) is 3. The van der Waals surface area contributed by atoms with Gasteiger partial charge in [-0.1, -0.05) is 0 Å². The van der Waals surface area contributed by atoms with Crippen molar-refractivity contribution in [2.24, 2.45) is 5.73 Å². The van der Waals surface area contributed by atoms with Crippen LogP contribution >= 0.6 is 0 Å². The van der Waals surface area contributed by atoms with Crippen molar-refractivity contribution in [1.82, 2.24) is 0 Å². The fourth-order valence-corrected chi connectivity index (χ4v) is 1.96. The molecule has 1 aliphatic heterocycles. The monoisotopic (exact) mass is 238 g/mol. The number of fused-ring (bicyclic) bond motifs is 1. The molecule has 0 aliphatic carbocycles. The fourth-order valence-electron chi connectivity index (χ4n) is 1.96. The first-order chi connectivity index (χ1) is 8.15. The van der Waals surface area contributed by atoms with Gasteiger partial charge < -0.3 is 24.8 Å². The number of methoxy groups -OCH3 is 2. The van der Waals surface area contributed by atoms with Gasteiger partial charge in [-0.2, -0.15) is 0 Å².